The number of hydrogen-bond donors (Lipinski definition) is 9. The van der Waals surface area contributed by atoms with Crippen LogP contribution in [0.15, 0.2) is 29.3 Å². The molecule has 0 bridgehead atoms. The molecule has 17 nitrogen and oxygen atoms in total. The lowest BCUT2D eigenvalue weighted by molar-refractivity contribution is -0.143. The first-order chi connectivity index (χ1) is 24.4. The summed E-state index contributed by atoms with van der Waals surface area (Å²) in [5, 5.41) is 30.2. The Morgan fingerprint density at radius 3 is 2.10 bits per heavy atom. The van der Waals surface area contributed by atoms with E-state index in [0.29, 0.717) is 24.8 Å². The molecule has 5 amide bonds. The van der Waals surface area contributed by atoms with Gasteiger partial charge in [0.1, 0.15) is 36.0 Å². The van der Waals surface area contributed by atoms with Crippen LogP contribution in [-0.4, -0.2) is 106 Å². The third-order valence-electron chi connectivity index (χ3n) is 8.94. The number of aliphatic carboxylic acids is 1. The molecule has 0 radical (unpaired) electrons. The molecule has 0 spiro atoms. The van der Waals surface area contributed by atoms with Gasteiger partial charge in [0, 0.05) is 19.5 Å². The van der Waals surface area contributed by atoms with Crippen LogP contribution in [0.1, 0.15) is 78.7 Å². The molecule has 52 heavy (non-hydrogen) atoms. The van der Waals surface area contributed by atoms with Crippen LogP contribution in [0.5, 0.6) is 5.75 Å². The lowest BCUT2D eigenvalue weighted by Gasteiger charge is -2.31. The molecule has 0 saturated carbocycles. The number of phenols is 1. The van der Waals surface area contributed by atoms with Gasteiger partial charge in [-0.1, -0.05) is 46.2 Å². The minimum Gasteiger partial charge on any atom is -0.508 e. The molecule has 290 valence electrons. The Labute approximate surface area is 304 Å². The second-order valence-electron chi connectivity index (χ2n) is 13.8. The van der Waals surface area contributed by atoms with Crippen molar-refractivity contribution in [1.82, 2.24) is 26.2 Å². The summed E-state index contributed by atoms with van der Waals surface area (Å²) in [6, 6.07) is -0.358. The predicted octanol–water partition coefficient (Wildman–Crippen LogP) is -0.557. The number of amides is 5. The molecular formula is C35H57N9O8. The number of benzene rings is 1. The van der Waals surface area contributed by atoms with E-state index in [1.807, 2.05) is 20.8 Å². The maximum absolute atomic E-state index is 14.0. The third-order valence-corrected chi connectivity index (χ3v) is 8.94. The number of nitrogens with zero attached hydrogens (tertiary/aromatic N) is 2. The molecule has 1 saturated heterocycles. The molecule has 12 N–H and O–H groups in total. The summed E-state index contributed by atoms with van der Waals surface area (Å²) in [5.41, 5.74) is 17.1. The van der Waals surface area contributed by atoms with E-state index in [-0.39, 0.29) is 56.4 Å². The van der Waals surface area contributed by atoms with Crippen LogP contribution in [0.4, 0.5) is 0 Å². The fourth-order valence-corrected chi connectivity index (χ4v) is 5.82. The molecule has 0 aliphatic carbocycles. The molecule has 0 aromatic heterocycles. The number of carboxylic acid groups (broad SMARTS) is 1. The third kappa shape index (κ3) is 13.7. The van der Waals surface area contributed by atoms with Gasteiger partial charge in [0.2, 0.25) is 29.5 Å². The van der Waals surface area contributed by atoms with Crippen LogP contribution in [0.3, 0.4) is 0 Å². The number of rotatable bonds is 20. The maximum atomic E-state index is 14.0. The van der Waals surface area contributed by atoms with Crippen molar-refractivity contribution in [2.45, 2.75) is 116 Å². The Hall–Kier alpha value is -4.93. The van der Waals surface area contributed by atoms with Crippen LogP contribution in [0, 0.1) is 11.8 Å². The standard InChI is InChI=1S/C35H57N9O8/c1-6-20(4)28(32(49)42-26(34(51)52)17-19(2)3)43-30(47)25(18-22-11-13-23(45)14-12-22)41-31(48)27-10-8-16-44(27)33(50)24(40-29(46)21(5)36)9-7-15-39-35(37)38/h11-14,19-21,24-28,45H,6-10,15-18,36H2,1-5H3,(H,40,46)(H,41,48)(H,42,49)(H,43,47)(H,51,52)(H4,37,38,39)/t20-,21-,24-,25-,26-,27-,28-/m0/s1. The molecule has 17 heteroatoms. The van der Waals surface area contributed by atoms with Crippen LogP contribution in [0.25, 0.3) is 0 Å². The smallest absolute Gasteiger partial charge is 0.326 e. The quantitative estimate of drug-likeness (QED) is 0.0466. The fourth-order valence-electron chi connectivity index (χ4n) is 5.82. The molecule has 1 aliphatic rings. The van der Waals surface area contributed by atoms with Crippen molar-refractivity contribution in [1.29, 1.82) is 0 Å². The summed E-state index contributed by atoms with van der Waals surface area (Å²) >= 11 is 0. The van der Waals surface area contributed by atoms with E-state index >= 15 is 0 Å². The number of nitrogens with two attached hydrogens (primary N) is 3. The van der Waals surface area contributed by atoms with E-state index in [1.54, 1.807) is 19.1 Å². The lowest BCUT2D eigenvalue weighted by atomic mass is 9.96. The number of guanidine groups is 1. The van der Waals surface area contributed by atoms with Crippen molar-refractivity contribution in [3.63, 3.8) is 0 Å². The Morgan fingerprint density at radius 1 is 0.904 bits per heavy atom. The van der Waals surface area contributed by atoms with Crippen LogP contribution < -0.4 is 38.5 Å². The van der Waals surface area contributed by atoms with E-state index in [2.05, 4.69) is 26.3 Å². The maximum Gasteiger partial charge on any atom is 0.326 e. The molecular weight excluding hydrogens is 674 g/mol. The highest BCUT2D eigenvalue weighted by Gasteiger charge is 2.40. The van der Waals surface area contributed by atoms with Gasteiger partial charge in [-0.25, -0.2) is 4.79 Å². The molecule has 1 aliphatic heterocycles. The highest BCUT2D eigenvalue weighted by atomic mass is 16.4. The average molecular weight is 732 g/mol. The van der Waals surface area contributed by atoms with E-state index in [9.17, 15) is 39.0 Å². The minimum absolute atomic E-state index is 0.000702. The van der Waals surface area contributed by atoms with Crippen molar-refractivity contribution >= 4 is 41.5 Å². The summed E-state index contributed by atoms with van der Waals surface area (Å²) < 4.78 is 0. The largest absolute Gasteiger partial charge is 0.508 e. The van der Waals surface area contributed by atoms with Crippen molar-refractivity contribution in [2.75, 3.05) is 13.1 Å². The molecule has 1 fully saturated rings. The van der Waals surface area contributed by atoms with Crippen molar-refractivity contribution in [3.8, 4) is 5.75 Å². The van der Waals surface area contributed by atoms with Gasteiger partial charge in [-0.15, -0.1) is 0 Å². The van der Waals surface area contributed by atoms with E-state index < -0.39 is 77.7 Å². The Bertz CT molecular complexity index is 1420. The van der Waals surface area contributed by atoms with Gasteiger partial charge in [-0.2, -0.15) is 0 Å². The Balaban J connectivity index is 2.36. The van der Waals surface area contributed by atoms with Crippen molar-refractivity contribution in [2.24, 2.45) is 34.0 Å². The van der Waals surface area contributed by atoms with Gasteiger partial charge in [-0.3, -0.25) is 29.0 Å². The first-order valence-corrected chi connectivity index (χ1v) is 17.8. The zero-order chi connectivity index (χ0) is 39.1. The molecule has 1 aromatic rings. The van der Waals surface area contributed by atoms with Gasteiger partial charge < -0.3 is 53.6 Å². The van der Waals surface area contributed by atoms with Crippen LogP contribution >= 0.6 is 0 Å². The summed E-state index contributed by atoms with van der Waals surface area (Å²) in [7, 11) is 0. The molecule has 1 heterocycles. The lowest BCUT2D eigenvalue weighted by Crippen LogP contribution is -2.60. The minimum atomic E-state index is -1.23. The Kier molecular flexibility index (Phi) is 17.3. The number of nitrogens with one attached hydrogen (secondary N) is 4. The SMILES string of the molecule is CC[C@H](C)[C@H](NC(=O)[C@H](Cc1ccc(O)cc1)NC(=O)[C@@H]1CCCN1C(=O)[C@H](CCCN=C(N)N)NC(=O)[C@H](C)N)C(=O)N[C@@H](CC(C)C)C(=O)O. The van der Waals surface area contributed by atoms with Crippen LogP contribution in [0.2, 0.25) is 0 Å². The van der Waals surface area contributed by atoms with Gasteiger partial charge in [0.15, 0.2) is 5.96 Å². The average Bonchev–Trinajstić information content (AvgIpc) is 3.58. The highest BCUT2D eigenvalue weighted by molar-refractivity contribution is 5.96. The normalized spacial score (nSPS) is 17.5. The van der Waals surface area contributed by atoms with Crippen molar-refractivity contribution in [3.05, 3.63) is 29.8 Å². The molecule has 1 aromatic carbocycles. The second kappa shape index (κ2) is 20.8. The zero-order valence-electron chi connectivity index (χ0n) is 30.8. The van der Waals surface area contributed by atoms with E-state index in [4.69, 9.17) is 17.2 Å². The molecule has 7 atom stereocenters. The van der Waals surface area contributed by atoms with Gasteiger partial charge in [-0.05, 0) is 68.6 Å². The van der Waals surface area contributed by atoms with E-state index in [1.165, 1.54) is 24.0 Å². The fraction of sp³-hybridized carbons (Fsp3) is 0.629. The van der Waals surface area contributed by atoms with Gasteiger partial charge in [0.25, 0.3) is 0 Å². The number of carbonyl (C=O) groups is 6. The molecule has 2 rings (SSSR count). The number of carboxylic acids is 1. The van der Waals surface area contributed by atoms with E-state index in [0.717, 1.165) is 0 Å². The number of aromatic hydroxyl groups is 1. The van der Waals surface area contributed by atoms with Gasteiger partial charge in [0.05, 0.1) is 6.04 Å². The van der Waals surface area contributed by atoms with Crippen molar-refractivity contribution < 1.29 is 39.0 Å². The number of aliphatic imine (C=N–C) groups is 1. The Morgan fingerprint density at radius 2 is 1.54 bits per heavy atom. The summed E-state index contributed by atoms with van der Waals surface area (Å²) in [6.45, 7) is 9.15. The number of hydrogen-bond acceptors (Lipinski definition) is 9. The topological polar surface area (TPSA) is 285 Å². The second-order valence-corrected chi connectivity index (χ2v) is 13.8. The van der Waals surface area contributed by atoms with Gasteiger partial charge >= 0.3 is 5.97 Å². The molecule has 0 unspecified atom stereocenters. The monoisotopic (exact) mass is 731 g/mol. The predicted molar refractivity (Wildman–Crippen MR) is 194 cm³/mol. The van der Waals surface area contributed by atoms with Crippen LogP contribution in [-0.2, 0) is 35.2 Å². The zero-order valence-corrected chi connectivity index (χ0v) is 30.8. The number of phenolic OH excluding ortho intramolecular Hbond substituents is 1. The highest BCUT2D eigenvalue weighted by Crippen LogP contribution is 2.21. The number of likely N-dealkylation sites (tertiary alicyclic amines) is 1. The summed E-state index contributed by atoms with van der Waals surface area (Å²) in [6.07, 6.45) is 1.92. The first-order valence-electron chi connectivity index (χ1n) is 17.8. The number of carbonyl (C=O) groups excluding carboxylic acids is 5. The first kappa shape index (κ1) is 43.2. The summed E-state index contributed by atoms with van der Waals surface area (Å²) in [4.78, 5) is 84.9. The summed E-state index contributed by atoms with van der Waals surface area (Å²) in [5.74, 6) is -4.77.